The maximum atomic E-state index is 12.7. The highest BCUT2D eigenvalue weighted by molar-refractivity contribution is 5.83. The van der Waals surface area contributed by atoms with E-state index >= 15 is 0 Å². The van der Waals surface area contributed by atoms with Crippen LogP contribution in [0.5, 0.6) is 0 Å². The Labute approximate surface area is 167 Å². The standard InChI is InChI=1S/C22H32N2O4/c1-4-23(5-2)15-17-6-8-18(9-7-17)20(16-24(26)27)14-22(25)19-10-12-21(28-3)13-11-19/h6,8-10,12-13,17,19-20H,4-5,7,11,14-16H2,1-3H3. The highest BCUT2D eigenvalue weighted by atomic mass is 16.6. The van der Waals surface area contributed by atoms with E-state index in [4.69, 9.17) is 4.74 Å². The maximum Gasteiger partial charge on any atom is 0.211 e. The Balaban J connectivity index is 1.98. The summed E-state index contributed by atoms with van der Waals surface area (Å²) in [6.07, 6.45) is 13.4. The van der Waals surface area contributed by atoms with E-state index in [-0.39, 0.29) is 35.5 Å². The first-order valence-corrected chi connectivity index (χ1v) is 10.1. The molecule has 2 aliphatic carbocycles. The number of ether oxygens (including phenoxy) is 1. The van der Waals surface area contributed by atoms with Crippen LogP contribution in [0.15, 0.2) is 47.8 Å². The van der Waals surface area contributed by atoms with Gasteiger partial charge in [0.05, 0.1) is 13.0 Å². The minimum atomic E-state index is -0.366. The van der Waals surface area contributed by atoms with Crippen molar-refractivity contribution in [1.29, 1.82) is 0 Å². The smallest absolute Gasteiger partial charge is 0.211 e. The van der Waals surface area contributed by atoms with Gasteiger partial charge in [0.2, 0.25) is 6.54 Å². The summed E-state index contributed by atoms with van der Waals surface area (Å²) < 4.78 is 5.15. The zero-order valence-electron chi connectivity index (χ0n) is 17.2. The zero-order valence-corrected chi connectivity index (χ0v) is 17.2. The van der Waals surface area contributed by atoms with Crippen molar-refractivity contribution in [2.75, 3.05) is 33.3 Å². The lowest BCUT2D eigenvalue weighted by atomic mass is 9.83. The molecule has 0 aliphatic heterocycles. The molecule has 154 valence electrons. The van der Waals surface area contributed by atoms with Crippen LogP contribution in [0, 0.1) is 27.9 Å². The Morgan fingerprint density at radius 1 is 1.25 bits per heavy atom. The molecule has 0 amide bonds. The molecule has 0 radical (unpaired) electrons. The lowest BCUT2D eigenvalue weighted by Crippen LogP contribution is -2.29. The number of allylic oxidation sites excluding steroid dienone is 5. The van der Waals surface area contributed by atoms with Crippen molar-refractivity contribution in [2.45, 2.75) is 33.1 Å². The molecule has 0 spiro atoms. The number of carbonyl (C=O) groups excluding carboxylic acids is 1. The normalized spacial score (nSPS) is 22.6. The molecular weight excluding hydrogens is 356 g/mol. The molecule has 0 heterocycles. The Morgan fingerprint density at radius 2 is 2.00 bits per heavy atom. The van der Waals surface area contributed by atoms with Gasteiger partial charge in [0.15, 0.2) is 0 Å². The van der Waals surface area contributed by atoms with Gasteiger partial charge in [0, 0.05) is 23.8 Å². The number of rotatable bonds is 11. The number of hydrogen-bond acceptors (Lipinski definition) is 5. The van der Waals surface area contributed by atoms with Crippen LogP contribution in [-0.4, -0.2) is 48.9 Å². The van der Waals surface area contributed by atoms with Crippen LogP contribution in [0.1, 0.15) is 33.1 Å². The van der Waals surface area contributed by atoms with E-state index < -0.39 is 0 Å². The van der Waals surface area contributed by atoms with Crippen molar-refractivity contribution in [3.63, 3.8) is 0 Å². The van der Waals surface area contributed by atoms with Gasteiger partial charge in [0.25, 0.3) is 0 Å². The Bertz CT molecular complexity index is 674. The van der Waals surface area contributed by atoms with E-state index in [1.54, 1.807) is 13.2 Å². The number of carbonyl (C=O) groups is 1. The third kappa shape index (κ3) is 6.44. The summed E-state index contributed by atoms with van der Waals surface area (Å²) in [6.45, 7) is 7.13. The predicted molar refractivity (Wildman–Crippen MR) is 110 cm³/mol. The van der Waals surface area contributed by atoms with Crippen molar-refractivity contribution in [2.24, 2.45) is 17.8 Å². The fraction of sp³-hybridized carbons (Fsp3) is 0.591. The number of hydrogen-bond donors (Lipinski definition) is 0. The number of methoxy groups -OCH3 is 1. The Kier molecular flexibility index (Phi) is 8.64. The monoisotopic (exact) mass is 388 g/mol. The van der Waals surface area contributed by atoms with Gasteiger partial charge in [-0.05, 0) is 49.6 Å². The first-order chi connectivity index (χ1) is 13.5. The average Bonchev–Trinajstić information content (AvgIpc) is 2.71. The SMILES string of the molecule is CCN(CC)CC1C=CC(C(CC(=O)C2C=CC(OC)=CC2)C[N+](=O)[O-])=CC1. The van der Waals surface area contributed by atoms with Crippen LogP contribution >= 0.6 is 0 Å². The first-order valence-electron chi connectivity index (χ1n) is 10.1. The van der Waals surface area contributed by atoms with Crippen LogP contribution in [0.25, 0.3) is 0 Å². The molecule has 6 nitrogen and oxygen atoms in total. The van der Waals surface area contributed by atoms with Crippen LogP contribution in [0.3, 0.4) is 0 Å². The number of nitro groups is 1. The van der Waals surface area contributed by atoms with Crippen molar-refractivity contribution in [3.05, 3.63) is 57.9 Å². The van der Waals surface area contributed by atoms with E-state index in [1.165, 1.54) is 0 Å². The maximum absolute atomic E-state index is 12.7. The Morgan fingerprint density at radius 3 is 2.50 bits per heavy atom. The summed E-state index contributed by atoms with van der Waals surface area (Å²) >= 11 is 0. The molecule has 0 N–H and O–H groups in total. The third-order valence-electron chi connectivity index (χ3n) is 5.61. The molecule has 3 atom stereocenters. The number of nitrogens with zero attached hydrogens (tertiary/aromatic N) is 2. The van der Waals surface area contributed by atoms with Crippen LogP contribution in [-0.2, 0) is 9.53 Å². The molecule has 0 saturated heterocycles. The predicted octanol–water partition coefficient (Wildman–Crippen LogP) is 3.79. The molecule has 28 heavy (non-hydrogen) atoms. The highest BCUT2D eigenvalue weighted by Gasteiger charge is 2.27. The van der Waals surface area contributed by atoms with E-state index in [2.05, 4.69) is 30.9 Å². The van der Waals surface area contributed by atoms with Gasteiger partial charge in [-0.1, -0.05) is 38.2 Å². The molecule has 0 aromatic heterocycles. The molecule has 3 unspecified atom stereocenters. The quantitative estimate of drug-likeness (QED) is 0.398. The minimum absolute atomic E-state index is 0.0501. The molecular formula is C22H32N2O4. The van der Waals surface area contributed by atoms with Crippen molar-refractivity contribution < 1.29 is 14.5 Å². The summed E-state index contributed by atoms with van der Waals surface area (Å²) in [5, 5.41) is 11.2. The van der Waals surface area contributed by atoms with Crippen molar-refractivity contribution in [3.8, 4) is 0 Å². The lowest BCUT2D eigenvalue weighted by Gasteiger charge is -2.26. The van der Waals surface area contributed by atoms with Crippen LogP contribution in [0.2, 0.25) is 0 Å². The van der Waals surface area contributed by atoms with E-state index in [9.17, 15) is 14.9 Å². The summed E-state index contributed by atoms with van der Waals surface area (Å²) in [4.78, 5) is 26.0. The molecule has 6 heteroatoms. The minimum Gasteiger partial charge on any atom is -0.497 e. The first kappa shape index (κ1) is 22.1. The molecule has 2 rings (SSSR count). The summed E-state index contributed by atoms with van der Waals surface area (Å²) in [5.41, 5.74) is 0.925. The van der Waals surface area contributed by atoms with Crippen molar-refractivity contribution in [1.82, 2.24) is 4.90 Å². The Hall–Kier alpha value is -2.21. The van der Waals surface area contributed by atoms with Gasteiger partial charge < -0.3 is 9.64 Å². The lowest BCUT2D eigenvalue weighted by molar-refractivity contribution is -0.486. The fourth-order valence-corrected chi connectivity index (χ4v) is 3.79. The van der Waals surface area contributed by atoms with E-state index in [0.717, 1.165) is 37.4 Å². The zero-order chi connectivity index (χ0) is 20.5. The average molecular weight is 389 g/mol. The fourth-order valence-electron chi connectivity index (χ4n) is 3.79. The van der Waals surface area contributed by atoms with Gasteiger partial charge >= 0.3 is 0 Å². The van der Waals surface area contributed by atoms with Crippen LogP contribution < -0.4 is 0 Å². The topological polar surface area (TPSA) is 72.7 Å². The van der Waals surface area contributed by atoms with Crippen LogP contribution in [0.4, 0.5) is 0 Å². The van der Waals surface area contributed by atoms with Gasteiger partial charge in [-0.25, -0.2) is 0 Å². The molecule has 0 bridgehead atoms. The molecule has 0 fully saturated rings. The van der Waals surface area contributed by atoms with Gasteiger partial charge in [-0.3, -0.25) is 14.9 Å². The van der Waals surface area contributed by atoms with Gasteiger partial charge in [0.1, 0.15) is 11.5 Å². The highest BCUT2D eigenvalue weighted by Crippen LogP contribution is 2.28. The third-order valence-corrected chi connectivity index (χ3v) is 5.61. The molecule has 0 aromatic carbocycles. The number of Topliss-reactive ketones (excluding diaryl/α,β-unsaturated/α-hetero) is 1. The molecule has 2 aliphatic rings. The summed E-state index contributed by atoms with van der Waals surface area (Å²) in [7, 11) is 1.60. The molecule has 0 saturated carbocycles. The van der Waals surface area contributed by atoms with Crippen molar-refractivity contribution >= 4 is 5.78 Å². The number of ketones is 1. The second kappa shape index (κ2) is 11.0. The van der Waals surface area contributed by atoms with Gasteiger partial charge in [-0.2, -0.15) is 0 Å². The largest absolute Gasteiger partial charge is 0.497 e. The summed E-state index contributed by atoms with van der Waals surface area (Å²) in [5.74, 6) is 0.637. The molecule has 0 aromatic rings. The van der Waals surface area contributed by atoms with E-state index in [0.29, 0.717) is 12.3 Å². The second-order valence-corrected chi connectivity index (χ2v) is 7.44. The summed E-state index contributed by atoms with van der Waals surface area (Å²) in [6, 6.07) is 0. The van der Waals surface area contributed by atoms with E-state index in [1.807, 2.05) is 18.2 Å². The second-order valence-electron chi connectivity index (χ2n) is 7.44. The van der Waals surface area contributed by atoms with Gasteiger partial charge in [-0.15, -0.1) is 0 Å².